The monoisotopic (exact) mass is 287 g/mol. The molecule has 3 rings (SSSR count). The first-order valence-electron chi connectivity index (χ1n) is 6.08. The van der Waals surface area contributed by atoms with Gasteiger partial charge in [-0.05, 0) is 30.7 Å². The molecule has 0 aliphatic heterocycles. The summed E-state index contributed by atoms with van der Waals surface area (Å²) < 4.78 is 13.4. The first-order valence-corrected chi connectivity index (χ1v) is 6.46. The van der Waals surface area contributed by atoms with Crippen LogP contribution in [0.3, 0.4) is 0 Å². The number of anilines is 2. The average Bonchev–Trinajstić information content (AvgIpc) is 2.41. The van der Waals surface area contributed by atoms with Crippen LogP contribution in [-0.4, -0.2) is 10.2 Å². The van der Waals surface area contributed by atoms with Crippen LogP contribution in [0.25, 0.3) is 10.8 Å². The minimum atomic E-state index is -0.293. The van der Waals surface area contributed by atoms with E-state index in [0.29, 0.717) is 16.7 Å². The van der Waals surface area contributed by atoms with E-state index >= 15 is 0 Å². The molecule has 0 aliphatic carbocycles. The Bertz CT molecular complexity index is 769. The molecule has 0 radical (unpaired) electrons. The quantitative estimate of drug-likeness (QED) is 0.755. The van der Waals surface area contributed by atoms with Crippen LogP contribution >= 0.6 is 11.6 Å². The van der Waals surface area contributed by atoms with Gasteiger partial charge in [0.1, 0.15) is 5.82 Å². The van der Waals surface area contributed by atoms with Gasteiger partial charge in [0, 0.05) is 16.5 Å². The van der Waals surface area contributed by atoms with Crippen LogP contribution in [-0.2, 0) is 0 Å². The fraction of sp³-hybridized carbons (Fsp3) is 0.0667. The molecule has 0 saturated heterocycles. The molecule has 3 nitrogen and oxygen atoms in total. The molecule has 2 aromatic carbocycles. The number of aromatic nitrogens is 2. The number of fused-ring (bicyclic) bond motifs is 1. The number of nitrogens with one attached hydrogen (secondary N) is 1. The van der Waals surface area contributed by atoms with Crippen molar-refractivity contribution in [3.8, 4) is 0 Å². The van der Waals surface area contributed by atoms with Crippen molar-refractivity contribution >= 4 is 33.9 Å². The van der Waals surface area contributed by atoms with E-state index < -0.39 is 0 Å². The number of rotatable bonds is 2. The topological polar surface area (TPSA) is 37.8 Å². The Labute approximate surface area is 120 Å². The molecule has 3 aromatic rings. The molecule has 20 heavy (non-hydrogen) atoms. The molecule has 1 heterocycles. The van der Waals surface area contributed by atoms with Gasteiger partial charge < -0.3 is 5.32 Å². The summed E-state index contributed by atoms with van der Waals surface area (Å²) in [6.45, 7) is 1.83. The van der Waals surface area contributed by atoms with Crippen molar-refractivity contribution in [1.29, 1.82) is 0 Å². The summed E-state index contributed by atoms with van der Waals surface area (Å²) in [6, 6.07) is 12.3. The number of benzene rings is 2. The summed E-state index contributed by atoms with van der Waals surface area (Å²) >= 11 is 6.02. The second-order valence-corrected chi connectivity index (χ2v) is 4.89. The third kappa shape index (κ3) is 2.42. The maximum Gasteiger partial charge on any atom is 0.161 e. The van der Waals surface area contributed by atoms with Crippen LogP contribution in [0.4, 0.5) is 15.9 Å². The van der Waals surface area contributed by atoms with Crippen LogP contribution in [0.2, 0.25) is 5.15 Å². The largest absolute Gasteiger partial charge is 0.338 e. The minimum Gasteiger partial charge on any atom is -0.338 e. The number of aryl methyl sites for hydroxylation is 1. The summed E-state index contributed by atoms with van der Waals surface area (Å²) in [5.41, 5.74) is 1.46. The molecule has 0 bridgehead atoms. The molecular weight excluding hydrogens is 277 g/mol. The van der Waals surface area contributed by atoms with Crippen LogP contribution in [0.1, 0.15) is 5.56 Å². The molecule has 0 unspecified atom stereocenters. The fourth-order valence-corrected chi connectivity index (χ4v) is 2.31. The Morgan fingerprint density at radius 2 is 1.80 bits per heavy atom. The van der Waals surface area contributed by atoms with Crippen molar-refractivity contribution in [2.75, 3.05) is 5.32 Å². The van der Waals surface area contributed by atoms with Gasteiger partial charge in [-0.2, -0.15) is 0 Å². The van der Waals surface area contributed by atoms with Gasteiger partial charge in [-0.15, -0.1) is 10.2 Å². The van der Waals surface area contributed by atoms with Gasteiger partial charge in [0.2, 0.25) is 0 Å². The van der Waals surface area contributed by atoms with Gasteiger partial charge in [0.15, 0.2) is 11.0 Å². The highest BCUT2D eigenvalue weighted by Gasteiger charge is 2.08. The second-order valence-electron chi connectivity index (χ2n) is 4.53. The number of halogens is 2. The number of hydrogen-bond donors (Lipinski definition) is 1. The first kappa shape index (κ1) is 12.8. The average molecular weight is 288 g/mol. The number of nitrogens with zero attached hydrogens (tertiary/aromatic N) is 2. The third-order valence-electron chi connectivity index (χ3n) is 2.95. The molecular formula is C15H11ClFN3. The Morgan fingerprint density at radius 1 is 1.05 bits per heavy atom. The molecule has 0 fully saturated rings. The Hall–Kier alpha value is -2.20. The molecule has 1 aromatic heterocycles. The van der Waals surface area contributed by atoms with Crippen molar-refractivity contribution in [3.05, 3.63) is 59.0 Å². The molecule has 0 saturated carbocycles. The van der Waals surface area contributed by atoms with Crippen LogP contribution in [0, 0.1) is 12.7 Å². The summed E-state index contributed by atoms with van der Waals surface area (Å²) in [6.07, 6.45) is 0. The lowest BCUT2D eigenvalue weighted by atomic mass is 10.2. The van der Waals surface area contributed by atoms with E-state index in [2.05, 4.69) is 15.5 Å². The van der Waals surface area contributed by atoms with E-state index in [-0.39, 0.29) is 5.82 Å². The lowest BCUT2D eigenvalue weighted by Crippen LogP contribution is -1.98. The normalized spacial score (nSPS) is 10.8. The Morgan fingerprint density at radius 3 is 2.55 bits per heavy atom. The smallest absolute Gasteiger partial charge is 0.161 e. The van der Waals surface area contributed by atoms with E-state index in [9.17, 15) is 4.39 Å². The Balaban J connectivity index is 2.09. The predicted octanol–water partition coefficient (Wildman–Crippen LogP) is 4.47. The van der Waals surface area contributed by atoms with E-state index in [0.717, 1.165) is 16.3 Å². The molecule has 1 N–H and O–H groups in total. The van der Waals surface area contributed by atoms with Crippen LogP contribution < -0.4 is 5.32 Å². The predicted molar refractivity (Wildman–Crippen MR) is 79.0 cm³/mol. The zero-order chi connectivity index (χ0) is 14.1. The summed E-state index contributed by atoms with van der Waals surface area (Å²) in [4.78, 5) is 0. The number of hydrogen-bond acceptors (Lipinski definition) is 3. The Kier molecular flexibility index (Phi) is 3.24. The zero-order valence-corrected chi connectivity index (χ0v) is 11.4. The zero-order valence-electron chi connectivity index (χ0n) is 10.7. The maximum atomic E-state index is 13.4. The summed E-state index contributed by atoms with van der Waals surface area (Å²) in [5, 5.41) is 13.0. The van der Waals surface area contributed by atoms with Gasteiger partial charge in [0.05, 0.1) is 0 Å². The highest BCUT2D eigenvalue weighted by molar-refractivity contribution is 6.34. The molecule has 0 spiro atoms. The first-order chi connectivity index (χ1) is 9.63. The van der Waals surface area contributed by atoms with E-state index in [4.69, 9.17) is 11.6 Å². The molecule has 100 valence electrons. The van der Waals surface area contributed by atoms with E-state index in [1.54, 1.807) is 0 Å². The summed E-state index contributed by atoms with van der Waals surface area (Å²) in [7, 11) is 0. The van der Waals surface area contributed by atoms with Crippen molar-refractivity contribution in [1.82, 2.24) is 10.2 Å². The highest BCUT2D eigenvalue weighted by Crippen LogP contribution is 2.28. The molecule has 0 atom stereocenters. The van der Waals surface area contributed by atoms with Crippen molar-refractivity contribution in [2.45, 2.75) is 6.92 Å². The van der Waals surface area contributed by atoms with Crippen molar-refractivity contribution in [2.24, 2.45) is 0 Å². The summed E-state index contributed by atoms with van der Waals surface area (Å²) in [5.74, 6) is 0.258. The van der Waals surface area contributed by atoms with Crippen molar-refractivity contribution < 1.29 is 4.39 Å². The molecule has 5 heteroatoms. The second kappa shape index (κ2) is 5.06. The maximum absolute atomic E-state index is 13.4. The van der Waals surface area contributed by atoms with Crippen LogP contribution in [0.15, 0.2) is 42.5 Å². The van der Waals surface area contributed by atoms with Gasteiger partial charge in [0.25, 0.3) is 0 Å². The van der Waals surface area contributed by atoms with Gasteiger partial charge in [-0.1, -0.05) is 35.9 Å². The minimum absolute atomic E-state index is 0.293. The third-order valence-corrected chi connectivity index (χ3v) is 3.23. The van der Waals surface area contributed by atoms with Gasteiger partial charge in [-0.25, -0.2) is 4.39 Å². The van der Waals surface area contributed by atoms with Crippen molar-refractivity contribution in [3.63, 3.8) is 0 Å². The molecule has 0 amide bonds. The van der Waals surface area contributed by atoms with E-state index in [1.165, 1.54) is 12.1 Å². The highest BCUT2D eigenvalue weighted by atomic mass is 35.5. The SMILES string of the molecule is Cc1cc(F)cc(Nc2nnc(Cl)c3ccccc23)c1. The van der Waals surface area contributed by atoms with E-state index in [1.807, 2.05) is 37.3 Å². The lowest BCUT2D eigenvalue weighted by Gasteiger charge is -2.09. The van der Waals surface area contributed by atoms with Crippen LogP contribution in [0.5, 0.6) is 0 Å². The molecule has 0 aliphatic rings. The van der Waals surface area contributed by atoms with Gasteiger partial charge >= 0.3 is 0 Å². The lowest BCUT2D eigenvalue weighted by molar-refractivity contribution is 0.627. The van der Waals surface area contributed by atoms with Gasteiger partial charge in [-0.3, -0.25) is 0 Å². The fourth-order valence-electron chi connectivity index (χ4n) is 2.11. The standard InChI is InChI=1S/C15H11ClFN3/c1-9-6-10(17)8-11(7-9)18-15-13-5-3-2-4-12(13)14(16)19-20-15/h2-8H,1H3,(H,18,20).